The monoisotopic (exact) mass is 339 g/mol. The summed E-state index contributed by atoms with van der Waals surface area (Å²) in [5.41, 5.74) is 4.19. The largest absolute Gasteiger partial charge is 0.496 e. The van der Waals surface area contributed by atoms with Crippen LogP contribution >= 0.6 is 0 Å². The van der Waals surface area contributed by atoms with Crippen molar-refractivity contribution in [1.29, 1.82) is 0 Å². The van der Waals surface area contributed by atoms with Crippen molar-refractivity contribution in [3.05, 3.63) is 46.8 Å². The number of hydrogen-bond donors (Lipinski definition) is 1. The number of hydrogen-bond acceptors (Lipinski definition) is 3. The minimum absolute atomic E-state index is 0.101. The average Bonchev–Trinajstić information content (AvgIpc) is 3.25. The van der Waals surface area contributed by atoms with Gasteiger partial charge in [-0.3, -0.25) is 9.89 Å². The van der Waals surface area contributed by atoms with E-state index in [2.05, 4.69) is 22.3 Å². The molecule has 1 aromatic heterocycles. The molecule has 1 aliphatic heterocycles. The van der Waals surface area contributed by atoms with Gasteiger partial charge in [-0.1, -0.05) is 18.2 Å². The number of rotatable bonds is 4. The molecule has 1 fully saturated rings. The first-order valence-electron chi connectivity index (χ1n) is 9.23. The van der Waals surface area contributed by atoms with E-state index in [0.717, 1.165) is 68.6 Å². The van der Waals surface area contributed by atoms with E-state index in [0.29, 0.717) is 11.6 Å². The van der Waals surface area contributed by atoms with Crippen LogP contribution in [-0.4, -0.2) is 41.2 Å². The van der Waals surface area contributed by atoms with Crippen LogP contribution in [0.4, 0.5) is 0 Å². The van der Waals surface area contributed by atoms with Gasteiger partial charge >= 0.3 is 0 Å². The van der Waals surface area contributed by atoms with E-state index in [9.17, 15) is 4.79 Å². The number of aromatic nitrogens is 2. The lowest BCUT2D eigenvalue weighted by atomic mass is 9.90. The van der Waals surface area contributed by atoms with Crippen molar-refractivity contribution in [3.63, 3.8) is 0 Å². The molecule has 0 unspecified atom stereocenters. The highest BCUT2D eigenvalue weighted by molar-refractivity contribution is 5.94. The minimum atomic E-state index is 0.101. The number of carbonyl (C=O) groups excluding carboxylic acids is 1. The molecule has 0 saturated carbocycles. The van der Waals surface area contributed by atoms with E-state index in [4.69, 9.17) is 4.74 Å². The molecule has 5 nitrogen and oxygen atoms in total. The Hall–Kier alpha value is -2.30. The highest BCUT2D eigenvalue weighted by Gasteiger charge is 2.30. The summed E-state index contributed by atoms with van der Waals surface area (Å²) in [6.45, 7) is 1.64. The summed E-state index contributed by atoms with van der Waals surface area (Å²) in [5, 5.41) is 7.37. The van der Waals surface area contributed by atoms with E-state index < -0.39 is 0 Å². The SMILES string of the molecule is COc1ccccc1C[C@H]1CCCN(C(=O)c2n[nH]c3c2CCC3)C1. The van der Waals surface area contributed by atoms with Crippen molar-refractivity contribution in [1.82, 2.24) is 15.1 Å². The Morgan fingerprint density at radius 2 is 2.20 bits per heavy atom. The molecule has 132 valence electrons. The molecule has 0 radical (unpaired) electrons. The Morgan fingerprint density at radius 1 is 1.32 bits per heavy atom. The fourth-order valence-electron chi connectivity index (χ4n) is 4.24. The molecular formula is C20H25N3O2. The predicted octanol–water partition coefficient (Wildman–Crippen LogP) is 3.00. The van der Waals surface area contributed by atoms with Gasteiger partial charge in [0.25, 0.3) is 5.91 Å². The van der Waals surface area contributed by atoms with E-state index in [-0.39, 0.29) is 5.91 Å². The van der Waals surface area contributed by atoms with E-state index >= 15 is 0 Å². The summed E-state index contributed by atoms with van der Waals surface area (Å²) in [4.78, 5) is 15.0. The summed E-state index contributed by atoms with van der Waals surface area (Å²) in [7, 11) is 1.72. The van der Waals surface area contributed by atoms with Crippen molar-refractivity contribution in [2.24, 2.45) is 5.92 Å². The number of methoxy groups -OCH3 is 1. The molecule has 25 heavy (non-hydrogen) atoms. The van der Waals surface area contributed by atoms with Crippen LogP contribution in [0.2, 0.25) is 0 Å². The number of aryl methyl sites for hydroxylation is 1. The van der Waals surface area contributed by atoms with Crippen LogP contribution in [0, 0.1) is 5.92 Å². The average molecular weight is 339 g/mol. The predicted molar refractivity (Wildman–Crippen MR) is 95.9 cm³/mol. The fraction of sp³-hybridized carbons (Fsp3) is 0.500. The first kappa shape index (κ1) is 16.2. The normalized spacial score (nSPS) is 19.7. The molecule has 1 aliphatic carbocycles. The number of likely N-dealkylation sites (tertiary alicyclic amines) is 1. The van der Waals surface area contributed by atoms with Gasteiger partial charge in [0, 0.05) is 24.3 Å². The van der Waals surface area contributed by atoms with Gasteiger partial charge in [-0.25, -0.2) is 0 Å². The zero-order chi connectivity index (χ0) is 17.2. The van der Waals surface area contributed by atoms with Crippen LogP contribution in [0.5, 0.6) is 5.75 Å². The summed E-state index contributed by atoms with van der Waals surface area (Å²) in [6, 6.07) is 8.18. The first-order valence-corrected chi connectivity index (χ1v) is 9.23. The lowest BCUT2D eigenvalue weighted by Crippen LogP contribution is -2.41. The highest BCUT2D eigenvalue weighted by Crippen LogP contribution is 2.28. The van der Waals surface area contributed by atoms with Gasteiger partial charge in [0.2, 0.25) is 0 Å². The Bertz CT molecular complexity index is 768. The van der Waals surface area contributed by atoms with Gasteiger partial charge in [-0.2, -0.15) is 5.10 Å². The molecule has 1 saturated heterocycles. The van der Waals surface area contributed by atoms with E-state index in [1.807, 2.05) is 17.0 Å². The van der Waals surface area contributed by atoms with Gasteiger partial charge < -0.3 is 9.64 Å². The Kier molecular flexibility index (Phi) is 4.47. The maximum Gasteiger partial charge on any atom is 0.274 e. The number of fused-ring (bicyclic) bond motifs is 1. The van der Waals surface area contributed by atoms with Crippen LogP contribution in [0.1, 0.15) is 46.6 Å². The zero-order valence-electron chi connectivity index (χ0n) is 14.8. The van der Waals surface area contributed by atoms with Crippen molar-refractivity contribution < 1.29 is 9.53 Å². The van der Waals surface area contributed by atoms with Crippen LogP contribution in [0.15, 0.2) is 24.3 Å². The smallest absolute Gasteiger partial charge is 0.274 e. The molecule has 2 aliphatic rings. The van der Waals surface area contributed by atoms with Crippen LogP contribution < -0.4 is 4.74 Å². The van der Waals surface area contributed by atoms with E-state index in [1.165, 1.54) is 5.56 Å². The third kappa shape index (κ3) is 3.15. The molecule has 0 bridgehead atoms. The summed E-state index contributed by atoms with van der Waals surface area (Å²) in [6.07, 6.45) is 6.28. The highest BCUT2D eigenvalue weighted by atomic mass is 16.5. The molecule has 4 rings (SSSR count). The van der Waals surface area contributed by atoms with Gasteiger partial charge in [0.15, 0.2) is 5.69 Å². The fourth-order valence-corrected chi connectivity index (χ4v) is 4.24. The molecule has 2 aromatic rings. The standard InChI is InChI=1S/C20H25N3O2/c1-25-18-10-3-2-7-15(18)12-14-6-5-11-23(13-14)20(24)19-16-8-4-9-17(16)21-22-19/h2-3,7,10,14H,4-6,8-9,11-13H2,1H3,(H,21,22)/t14-/m1/s1. The number of piperidine rings is 1. The Balaban J connectivity index is 1.46. The number of amides is 1. The molecular weight excluding hydrogens is 314 g/mol. The number of carbonyl (C=O) groups is 1. The number of benzene rings is 1. The zero-order valence-corrected chi connectivity index (χ0v) is 14.8. The van der Waals surface area contributed by atoms with Gasteiger partial charge in [0.1, 0.15) is 5.75 Å². The second-order valence-corrected chi connectivity index (χ2v) is 7.16. The molecule has 1 aromatic carbocycles. The summed E-state index contributed by atoms with van der Waals surface area (Å²) in [5.74, 6) is 1.51. The molecule has 1 N–H and O–H groups in total. The number of para-hydroxylation sites is 1. The number of aromatic amines is 1. The molecule has 5 heteroatoms. The van der Waals surface area contributed by atoms with Crippen LogP contribution in [0.3, 0.4) is 0 Å². The van der Waals surface area contributed by atoms with Crippen molar-refractivity contribution >= 4 is 5.91 Å². The molecule has 1 atom stereocenters. The Labute approximate surface area is 148 Å². The minimum Gasteiger partial charge on any atom is -0.496 e. The first-order chi connectivity index (χ1) is 12.3. The quantitative estimate of drug-likeness (QED) is 0.931. The second-order valence-electron chi connectivity index (χ2n) is 7.16. The maximum atomic E-state index is 13.0. The number of nitrogens with one attached hydrogen (secondary N) is 1. The molecule has 0 spiro atoms. The third-order valence-electron chi connectivity index (χ3n) is 5.52. The van der Waals surface area contributed by atoms with Gasteiger partial charge in [0.05, 0.1) is 7.11 Å². The van der Waals surface area contributed by atoms with Gasteiger partial charge in [-0.05, 0) is 56.1 Å². The lowest BCUT2D eigenvalue weighted by molar-refractivity contribution is 0.0666. The maximum absolute atomic E-state index is 13.0. The van der Waals surface area contributed by atoms with Crippen molar-refractivity contribution in [2.45, 2.75) is 38.5 Å². The van der Waals surface area contributed by atoms with Crippen LogP contribution in [-0.2, 0) is 19.3 Å². The lowest BCUT2D eigenvalue weighted by Gasteiger charge is -2.32. The van der Waals surface area contributed by atoms with Gasteiger partial charge in [-0.15, -0.1) is 0 Å². The number of ether oxygens (including phenoxy) is 1. The topological polar surface area (TPSA) is 58.2 Å². The van der Waals surface area contributed by atoms with E-state index in [1.54, 1.807) is 7.11 Å². The summed E-state index contributed by atoms with van der Waals surface area (Å²) < 4.78 is 5.48. The van der Waals surface area contributed by atoms with Crippen LogP contribution in [0.25, 0.3) is 0 Å². The molecule has 2 heterocycles. The summed E-state index contributed by atoms with van der Waals surface area (Å²) >= 11 is 0. The second kappa shape index (κ2) is 6.90. The molecule has 1 amide bonds. The number of H-pyrrole nitrogens is 1. The number of nitrogens with zero attached hydrogens (tertiary/aromatic N) is 2. The van der Waals surface area contributed by atoms with Crippen molar-refractivity contribution in [3.8, 4) is 5.75 Å². The van der Waals surface area contributed by atoms with Crippen molar-refractivity contribution in [2.75, 3.05) is 20.2 Å². The Morgan fingerprint density at radius 3 is 3.08 bits per heavy atom. The third-order valence-corrected chi connectivity index (χ3v) is 5.52.